The lowest BCUT2D eigenvalue weighted by atomic mass is 10.0. The Morgan fingerprint density at radius 3 is 2.36 bits per heavy atom. The molecule has 2 fully saturated rings. The molecule has 2 aromatic heterocycles. The fourth-order valence-corrected chi connectivity index (χ4v) is 4.39. The fraction of sp³-hybridized carbons (Fsp3) is 0.214. The topological polar surface area (TPSA) is 119 Å². The van der Waals surface area contributed by atoms with Gasteiger partial charge >= 0.3 is 0 Å². The molecule has 0 saturated heterocycles. The van der Waals surface area contributed by atoms with E-state index in [4.69, 9.17) is 10.5 Å². The normalized spacial score (nSPS) is 15.5. The molecule has 9 nitrogen and oxygen atoms in total. The molecule has 2 aliphatic rings. The smallest absolute Gasteiger partial charge is 0.247 e. The van der Waals surface area contributed by atoms with Crippen LogP contribution in [0, 0.1) is 23.0 Å². The number of nitrogens with zero attached hydrogens (tertiary/aromatic N) is 3. The standard InChI is InChI=1S/C28H23F2N5O4/c29-17-3-5-18(6-4-17)35(27(38)28(11-12-28)26(31)37)22-9-7-19(13-21(22)30)39-20-8-10-24-32-23(15-34(24)14-20)33-25(36)16-1-2-16/h3-10,13-16H,1-2,11-12H2,(H2,31,37)(H,33,36). The minimum Gasteiger partial charge on any atom is -0.456 e. The Labute approximate surface area is 221 Å². The lowest BCUT2D eigenvalue weighted by Crippen LogP contribution is -2.41. The van der Waals surface area contributed by atoms with Crippen molar-refractivity contribution < 1.29 is 27.9 Å². The number of carbonyl (C=O) groups excluding carboxylic acids is 3. The molecule has 2 aliphatic carbocycles. The summed E-state index contributed by atoms with van der Waals surface area (Å²) in [5, 5.41) is 2.79. The summed E-state index contributed by atoms with van der Waals surface area (Å²) in [6.07, 6.45) is 5.57. The second-order valence-corrected chi connectivity index (χ2v) is 9.80. The third-order valence-corrected chi connectivity index (χ3v) is 6.94. The molecule has 0 unspecified atom stereocenters. The van der Waals surface area contributed by atoms with Crippen LogP contribution in [0.5, 0.6) is 11.5 Å². The van der Waals surface area contributed by atoms with Crippen LogP contribution in [-0.2, 0) is 14.4 Å². The number of ether oxygens (including phenoxy) is 1. The van der Waals surface area contributed by atoms with Crippen molar-refractivity contribution in [1.82, 2.24) is 9.38 Å². The SMILES string of the molecule is NC(=O)C1(C(=O)N(c2ccc(F)cc2)c2ccc(Oc3ccc4nc(NC(=O)C5CC5)cn4c3)cc2F)CC1. The third kappa shape index (κ3) is 4.67. The van der Waals surface area contributed by atoms with Crippen molar-refractivity contribution in [1.29, 1.82) is 0 Å². The minimum atomic E-state index is -1.42. The molecule has 6 rings (SSSR count). The molecule has 198 valence electrons. The zero-order chi connectivity index (χ0) is 27.3. The number of pyridine rings is 1. The quantitative estimate of drug-likeness (QED) is 0.320. The van der Waals surface area contributed by atoms with Gasteiger partial charge in [-0.2, -0.15) is 0 Å². The highest BCUT2D eigenvalue weighted by Gasteiger charge is 2.57. The maximum absolute atomic E-state index is 15.5. The molecule has 2 heterocycles. The summed E-state index contributed by atoms with van der Waals surface area (Å²) in [6, 6.07) is 12.2. The van der Waals surface area contributed by atoms with Crippen molar-refractivity contribution in [2.45, 2.75) is 25.7 Å². The van der Waals surface area contributed by atoms with Crippen molar-refractivity contribution >= 4 is 40.6 Å². The monoisotopic (exact) mass is 531 g/mol. The number of primary amides is 1. The number of hydrogen-bond acceptors (Lipinski definition) is 5. The van der Waals surface area contributed by atoms with Crippen LogP contribution < -0.4 is 20.7 Å². The molecule has 11 heteroatoms. The zero-order valence-corrected chi connectivity index (χ0v) is 20.6. The number of benzene rings is 2. The van der Waals surface area contributed by atoms with Crippen LogP contribution in [0.25, 0.3) is 5.65 Å². The van der Waals surface area contributed by atoms with Crippen molar-refractivity contribution in [3.8, 4) is 11.5 Å². The number of fused-ring (bicyclic) bond motifs is 1. The van der Waals surface area contributed by atoms with Gasteiger partial charge in [-0.15, -0.1) is 0 Å². The Hall–Kier alpha value is -4.80. The van der Waals surface area contributed by atoms with Crippen LogP contribution in [0.1, 0.15) is 25.7 Å². The Kier molecular flexibility index (Phi) is 5.78. The molecule has 0 aliphatic heterocycles. The van der Waals surface area contributed by atoms with Crippen molar-refractivity contribution in [3.63, 3.8) is 0 Å². The molecule has 2 saturated carbocycles. The van der Waals surface area contributed by atoms with E-state index in [1.54, 1.807) is 28.9 Å². The number of carbonyl (C=O) groups is 3. The summed E-state index contributed by atoms with van der Waals surface area (Å²) in [5.41, 5.74) is 4.72. The molecule has 2 aromatic carbocycles. The average molecular weight is 532 g/mol. The van der Waals surface area contributed by atoms with Gasteiger partial charge in [0.25, 0.3) is 0 Å². The maximum Gasteiger partial charge on any atom is 0.247 e. The summed E-state index contributed by atoms with van der Waals surface area (Å²) in [5.74, 6) is -1.83. The van der Waals surface area contributed by atoms with Gasteiger partial charge in [-0.1, -0.05) is 0 Å². The highest BCUT2D eigenvalue weighted by atomic mass is 19.1. The molecule has 4 aromatic rings. The number of hydrogen-bond donors (Lipinski definition) is 2. The molecule has 0 bridgehead atoms. The van der Waals surface area contributed by atoms with E-state index in [0.717, 1.165) is 35.9 Å². The highest BCUT2D eigenvalue weighted by Crippen LogP contribution is 2.49. The van der Waals surface area contributed by atoms with E-state index in [1.165, 1.54) is 24.3 Å². The molecule has 3 amide bonds. The van der Waals surface area contributed by atoms with Gasteiger partial charge in [0.2, 0.25) is 17.7 Å². The summed E-state index contributed by atoms with van der Waals surface area (Å²) < 4.78 is 36.5. The van der Waals surface area contributed by atoms with Gasteiger partial charge in [-0.05, 0) is 74.2 Å². The van der Waals surface area contributed by atoms with E-state index in [-0.39, 0.29) is 41.8 Å². The molecular weight excluding hydrogens is 508 g/mol. The number of imidazole rings is 1. The van der Waals surface area contributed by atoms with E-state index in [1.807, 2.05) is 0 Å². The first-order chi connectivity index (χ1) is 18.7. The Morgan fingerprint density at radius 1 is 1.00 bits per heavy atom. The number of nitrogens with two attached hydrogens (primary N) is 1. The van der Waals surface area contributed by atoms with E-state index >= 15 is 4.39 Å². The van der Waals surface area contributed by atoms with Crippen LogP contribution in [0.15, 0.2) is 67.0 Å². The van der Waals surface area contributed by atoms with E-state index in [0.29, 0.717) is 17.2 Å². The third-order valence-electron chi connectivity index (χ3n) is 6.94. The lowest BCUT2D eigenvalue weighted by molar-refractivity contribution is -0.133. The summed E-state index contributed by atoms with van der Waals surface area (Å²) in [7, 11) is 0. The minimum absolute atomic E-state index is 0.0476. The number of anilines is 3. The van der Waals surface area contributed by atoms with Gasteiger partial charge in [-0.3, -0.25) is 19.3 Å². The molecule has 3 N–H and O–H groups in total. The average Bonchev–Trinajstić information content (AvgIpc) is 3.83. The predicted octanol–water partition coefficient (Wildman–Crippen LogP) is 4.68. The second kappa shape index (κ2) is 9.19. The first-order valence-corrected chi connectivity index (χ1v) is 12.4. The summed E-state index contributed by atoms with van der Waals surface area (Å²) in [6.45, 7) is 0. The zero-order valence-electron chi connectivity index (χ0n) is 20.6. The van der Waals surface area contributed by atoms with Gasteiger partial charge in [0, 0.05) is 17.7 Å². The van der Waals surface area contributed by atoms with Crippen molar-refractivity contribution in [2.75, 3.05) is 10.2 Å². The molecular formula is C28H23F2N5O4. The van der Waals surface area contributed by atoms with Gasteiger partial charge in [-0.25, -0.2) is 13.8 Å². The maximum atomic E-state index is 15.5. The number of halogens is 2. The Morgan fingerprint density at radius 2 is 1.72 bits per heavy atom. The highest BCUT2D eigenvalue weighted by molar-refractivity contribution is 6.16. The van der Waals surface area contributed by atoms with E-state index < -0.39 is 28.9 Å². The van der Waals surface area contributed by atoms with E-state index in [2.05, 4.69) is 10.3 Å². The number of aromatic nitrogens is 2. The van der Waals surface area contributed by atoms with Crippen LogP contribution in [0.4, 0.5) is 26.0 Å². The predicted molar refractivity (Wildman–Crippen MR) is 137 cm³/mol. The van der Waals surface area contributed by atoms with Gasteiger partial charge in [0.05, 0.1) is 18.1 Å². The fourth-order valence-electron chi connectivity index (χ4n) is 4.39. The second-order valence-electron chi connectivity index (χ2n) is 9.80. The van der Waals surface area contributed by atoms with Crippen molar-refractivity contribution in [2.24, 2.45) is 17.1 Å². The lowest BCUT2D eigenvalue weighted by Gasteiger charge is -2.27. The van der Waals surface area contributed by atoms with E-state index in [9.17, 15) is 18.8 Å². The molecule has 0 radical (unpaired) electrons. The van der Waals surface area contributed by atoms with Gasteiger partial charge in [0.15, 0.2) is 11.6 Å². The molecule has 0 atom stereocenters. The number of amides is 3. The van der Waals surface area contributed by atoms with Crippen LogP contribution >= 0.6 is 0 Å². The van der Waals surface area contributed by atoms with Crippen LogP contribution in [-0.4, -0.2) is 27.1 Å². The van der Waals surface area contributed by atoms with Gasteiger partial charge in [0.1, 0.15) is 28.4 Å². The number of nitrogens with one attached hydrogen (secondary N) is 1. The van der Waals surface area contributed by atoms with Crippen LogP contribution in [0.3, 0.4) is 0 Å². The number of rotatable bonds is 8. The summed E-state index contributed by atoms with van der Waals surface area (Å²) in [4.78, 5) is 42.9. The van der Waals surface area contributed by atoms with Crippen molar-refractivity contribution in [3.05, 3.63) is 78.6 Å². The van der Waals surface area contributed by atoms with Gasteiger partial charge < -0.3 is 20.2 Å². The summed E-state index contributed by atoms with van der Waals surface area (Å²) >= 11 is 0. The molecule has 0 spiro atoms. The first kappa shape index (κ1) is 24.5. The first-order valence-electron chi connectivity index (χ1n) is 12.4. The van der Waals surface area contributed by atoms with Crippen LogP contribution in [0.2, 0.25) is 0 Å². The Balaban J connectivity index is 1.26. The Bertz CT molecular complexity index is 1630. The molecule has 39 heavy (non-hydrogen) atoms. The largest absolute Gasteiger partial charge is 0.456 e.